The van der Waals surface area contributed by atoms with Crippen molar-refractivity contribution in [3.05, 3.63) is 109 Å². The Kier molecular flexibility index (Phi) is 6.68. The lowest BCUT2D eigenvalue weighted by atomic mass is 10.1. The predicted molar refractivity (Wildman–Crippen MR) is 139 cm³/mol. The topological polar surface area (TPSA) is 152 Å². The Morgan fingerprint density at radius 2 is 0.947 bits per heavy atom. The van der Waals surface area contributed by atoms with E-state index in [1.54, 1.807) is 85.5 Å². The van der Waals surface area contributed by atoms with Crippen LogP contribution in [0.3, 0.4) is 0 Å². The lowest BCUT2D eigenvalue weighted by Crippen LogP contribution is -2.04. The third-order valence-corrected chi connectivity index (χ3v) is 5.45. The first kappa shape index (κ1) is 24.1. The third-order valence-electron chi connectivity index (χ3n) is 5.45. The fourth-order valence-electron chi connectivity index (χ4n) is 3.73. The van der Waals surface area contributed by atoms with E-state index in [1.165, 1.54) is 0 Å². The van der Waals surface area contributed by atoms with E-state index in [-0.39, 0.29) is 11.4 Å². The molecule has 0 atom stereocenters. The molecule has 0 spiro atoms. The molecule has 0 unspecified atom stereocenters. The van der Waals surface area contributed by atoms with Gasteiger partial charge in [-0.1, -0.05) is 36.4 Å². The normalized spacial score (nSPS) is 10.5. The molecular formula is C28H18N6O4. The average molecular weight is 502 g/mol. The Morgan fingerprint density at radius 1 is 0.526 bits per heavy atom. The van der Waals surface area contributed by atoms with Gasteiger partial charge in [0.1, 0.15) is 0 Å². The van der Waals surface area contributed by atoms with Crippen LogP contribution in [0.1, 0.15) is 21.0 Å². The molecule has 0 aliphatic carbocycles. The zero-order valence-corrected chi connectivity index (χ0v) is 19.6. The standard InChI is InChI=1S/2C14H9N3O2/c2*18-14(19)12-10-5-1-2-6-11(10)16-13(17-12)9-4-3-7-15-8-9/h2*1-8H,(H,18,19). The molecule has 0 fully saturated rings. The lowest BCUT2D eigenvalue weighted by molar-refractivity contribution is 0.0682. The molecule has 6 rings (SSSR count). The fourth-order valence-corrected chi connectivity index (χ4v) is 3.73. The summed E-state index contributed by atoms with van der Waals surface area (Å²) in [6, 6.07) is 21.2. The van der Waals surface area contributed by atoms with Gasteiger partial charge in [0.15, 0.2) is 23.0 Å². The first-order chi connectivity index (χ1) is 18.5. The van der Waals surface area contributed by atoms with E-state index < -0.39 is 11.9 Å². The maximum absolute atomic E-state index is 11.3. The van der Waals surface area contributed by atoms with Gasteiger partial charge in [-0.3, -0.25) is 9.97 Å². The van der Waals surface area contributed by atoms with Crippen LogP contribution in [-0.2, 0) is 0 Å². The van der Waals surface area contributed by atoms with Crippen LogP contribution in [0.25, 0.3) is 44.6 Å². The van der Waals surface area contributed by atoms with E-state index in [0.717, 1.165) is 0 Å². The number of aromatic nitrogens is 6. The summed E-state index contributed by atoms with van der Waals surface area (Å²) in [5.41, 5.74) is 2.60. The first-order valence-corrected chi connectivity index (χ1v) is 11.3. The van der Waals surface area contributed by atoms with Crippen LogP contribution in [0, 0.1) is 0 Å². The molecule has 6 aromatic rings. The second-order valence-corrected chi connectivity index (χ2v) is 7.92. The van der Waals surface area contributed by atoms with E-state index in [1.807, 2.05) is 12.1 Å². The molecule has 0 aliphatic rings. The Morgan fingerprint density at radius 3 is 1.32 bits per heavy atom. The third kappa shape index (κ3) is 5.00. The van der Waals surface area contributed by atoms with Crippen molar-refractivity contribution in [2.24, 2.45) is 0 Å². The predicted octanol–water partition coefficient (Wildman–Crippen LogP) is 4.78. The number of aromatic carboxylic acids is 2. The Labute approximate surface area is 215 Å². The van der Waals surface area contributed by atoms with Crippen molar-refractivity contribution < 1.29 is 19.8 Å². The molecule has 2 N–H and O–H groups in total. The highest BCUT2D eigenvalue weighted by atomic mass is 16.4. The highest BCUT2D eigenvalue weighted by Crippen LogP contribution is 2.22. The number of fused-ring (bicyclic) bond motifs is 2. The average Bonchev–Trinajstić information content (AvgIpc) is 2.97. The van der Waals surface area contributed by atoms with Gasteiger partial charge >= 0.3 is 11.9 Å². The quantitative estimate of drug-likeness (QED) is 0.344. The van der Waals surface area contributed by atoms with Crippen LogP contribution in [0.2, 0.25) is 0 Å². The van der Waals surface area contributed by atoms with Gasteiger partial charge in [-0.05, 0) is 36.4 Å². The minimum absolute atomic E-state index is 0.00412. The maximum Gasteiger partial charge on any atom is 0.355 e. The van der Waals surface area contributed by atoms with Gasteiger partial charge in [0.25, 0.3) is 0 Å². The molecule has 4 aromatic heterocycles. The minimum Gasteiger partial charge on any atom is -0.476 e. The molecule has 0 bridgehead atoms. The summed E-state index contributed by atoms with van der Waals surface area (Å²) in [4.78, 5) is 47.5. The van der Waals surface area contributed by atoms with Gasteiger partial charge in [0.2, 0.25) is 0 Å². The summed E-state index contributed by atoms with van der Waals surface area (Å²) in [6.45, 7) is 0. The van der Waals surface area contributed by atoms with E-state index in [0.29, 0.717) is 44.6 Å². The molecule has 0 amide bonds. The molecule has 0 radical (unpaired) electrons. The van der Waals surface area contributed by atoms with Gasteiger partial charge in [-0.2, -0.15) is 0 Å². The van der Waals surface area contributed by atoms with Crippen LogP contribution in [0.15, 0.2) is 97.6 Å². The summed E-state index contributed by atoms with van der Waals surface area (Å²) in [7, 11) is 0. The van der Waals surface area contributed by atoms with E-state index in [2.05, 4.69) is 29.9 Å². The summed E-state index contributed by atoms with van der Waals surface area (Å²) in [5, 5.41) is 19.6. The Balaban J connectivity index is 0.000000155. The van der Waals surface area contributed by atoms with Crippen LogP contribution in [0.4, 0.5) is 0 Å². The maximum atomic E-state index is 11.3. The molecule has 10 nitrogen and oxygen atoms in total. The second-order valence-electron chi connectivity index (χ2n) is 7.92. The smallest absolute Gasteiger partial charge is 0.355 e. The van der Waals surface area contributed by atoms with Crippen LogP contribution >= 0.6 is 0 Å². The summed E-state index contributed by atoms with van der Waals surface area (Å²) >= 11 is 0. The van der Waals surface area contributed by atoms with Crippen LogP contribution in [-0.4, -0.2) is 52.1 Å². The summed E-state index contributed by atoms with van der Waals surface area (Å²) in [5.74, 6) is -1.40. The van der Waals surface area contributed by atoms with Gasteiger partial charge in [0.05, 0.1) is 11.0 Å². The van der Waals surface area contributed by atoms with Crippen molar-refractivity contribution in [2.45, 2.75) is 0 Å². The van der Waals surface area contributed by atoms with E-state index in [9.17, 15) is 19.8 Å². The zero-order chi connectivity index (χ0) is 26.5. The molecule has 2 aromatic carbocycles. The van der Waals surface area contributed by atoms with Crippen molar-refractivity contribution in [3.63, 3.8) is 0 Å². The lowest BCUT2D eigenvalue weighted by Gasteiger charge is -2.05. The molecule has 184 valence electrons. The highest BCUT2D eigenvalue weighted by Gasteiger charge is 2.15. The largest absolute Gasteiger partial charge is 0.476 e. The SMILES string of the molecule is O=C(O)c1nc(-c2cccnc2)nc2ccccc12.O=C(O)c1nc(-c2cccnc2)nc2ccccc12. The molecule has 0 aliphatic heterocycles. The van der Waals surface area contributed by atoms with Crippen molar-refractivity contribution in [3.8, 4) is 22.8 Å². The van der Waals surface area contributed by atoms with Crippen LogP contribution in [0.5, 0.6) is 0 Å². The molecular weight excluding hydrogens is 484 g/mol. The first-order valence-electron chi connectivity index (χ1n) is 11.3. The number of carboxylic acid groups (broad SMARTS) is 2. The van der Waals surface area contributed by atoms with Gasteiger partial charge in [0, 0.05) is 46.7 Å². The molecule has 0 saturated heterocycles. The van der Waals surface area contributed by atoms with E-state index >= 15 is 0 Å². The number of para-hydroxylation sites is 2. The van der Waals surface area contributed by atoms with Crippen molar-refractivity contribution in [2.75, 3.05) is 0 Å². The number of carbonyl (C=O) groups is 2. The van der Waals surface area contributed by atoms with Gasteiger partial charge in [-0.25, -0.2) is 29.5 Å². The number of carboxylic acids is 2. The highest BCUT2D eigenvalue weighted by molar-refractivity contribution is 6.02. The molecule has 10 heteroatoms. The number of nitrogens with zero attached hydrogens (tertiary/aromatic N) is 6. The number of hydrogen-bond donors (Lipinski definition) is 2. The van der Waals surface area contributed by atoms with Gasteiger partial charge < -0.3 is 10.2 Å². The minimum atomic E-state index is -1.07. The molecule has 0 saturated carbocycles. The van der Waals surface area contributed by atoms with Crippen molar-refractivity contribution in [1.29, 1.82) is 0 Å². The number of rotatable bonds is 4. The summed E-state index contributed by atoms with van der Waals surface area (Å²) in [6.07, 6.45) is 6.50. The molecule has 4 heterocycles. The number of pyridine rings is 2. The van der Waals surface area contributed by atoms with Crippen molar-refractivity contribution in [1.82, 2.24) is 29.9 Å². The number of hydrogen-bond acceptors (Lipinski definition) is 8. The molecule has 38 heavy (non-hydrogen) atoms. The second kappa shape index (κ2) is 10.5. The van der Waals surface area contributed by atoms with Crippen molar-refractivity contribution >= 4 is 33.7 Å². The Hall–Kier alpha value is -5.64. The zero-order valence-electron chi connectivity index (χ0n) is 19.6. The van der Waals surface area contributed by atoms with Crippen LogP contribution < -0.4 is 0 Å². The monoisotopic (exact) mass is 502 g/mol. The number of benzene rings is 2. The van der Waals surface area contributed by atoms with E-state index in [4.69, 9.17) is 0 Å². The summed E-state index contributed by atoms with van der Waals surface area (Å²) < 4.78 is 0. The Bertz CT molecular complexity index is 1650. The van der Waals surface area contributed by atoms with Gasteiger partial charge in [-0.15, -0.1) is 0 Å². The fraction of sp³-hybridized carbons (Fsp3) is 0.